The first kappa shape index (κ1) is 13.5. The van der Waals surface area contributed by atoms with Gasteiger partial charge >= 0.3 is 0 Å². The van der Waals surface area contributed by atoms with Gasteiger partial charge in [0, 0.05) is 24.5 Å². The zero-order valence-corrected chi connectivity index (χ0v) is 10.3. The summed E-state index contributed by atoms with van der Waals surface area (Å²) >= 11 is 7.05. The summed E-state index contributed by atoms with van der Waals surface area (Å²) in [5.74, 6) is 0. The first-order chi connectivity index (χ1) is 6.54. The van der Waals surface area contributed by atoms with Gasteiger partial charge in [0.25, 0.3) is 0 Å². The SMILES string of the molecule is CCN/C=C(\N)C(O)/C(C=N)=C(/S)Br. The minimum Gasteiger partial charge on any atom is -0.398 e. The van der Waals surface area contributed by atoms with E-state index >= 15 is 0 Å². The van der Waals surface area contributed by atoms with Crippen LogP contribution >= 0.6 is 28.6 Å². The monoisotopic (exact) mass is 279 g/mol. The summed E-state index contributed by atoms with van der Waals surface area (Å²) in [7, 11) is 0. The Morgan fingerprint density at radius 1 is 1.79 bits per heavy atom. The standard InChI is InChI=1S/C8H14BrN3OS/c1-2-12-4-6(11)7(13)5(3-10)8(9)14/h3-4,7,10,12-14H,2,11H2,1H3/b6-4-,8-5+,10-3?. The van der Waals surface area contributed by atoms with Gasteiger partial charge in [0.15, 0.2) is 0 Å². The van der Waals surface area contributed by atoms with E-state index in [1.807, 2.05) is 6.92 Å². The van der Waals surface area contributed by atoms with Crippen molar-refractivity contribution in [1.82, 2.24) is 5.32 Å². The van der Waals surface area contributed by atoms with Crippen molar-refractivity contribution in [2.75, 3.05) is 6.54 Å². The summed E-state index contributed by atoms with van der Waals surface area (Å²) in [6.07, 6.45) is 1.50. The lowest BCUT2D eigenvalue weighted by Gasteiger charge is -2.12. The lowest BCUT2D eigenvalue weighted by atomic mass is 10.1. The fourth-order valence-electron chi connectivity index (χ4n) is 0.730. The normalized spacial score (nSPS) is 15.9. The van der Waals surface area contributed by atoms with Crippen molar-refractivity contribution >= 4 is 34.8 Å². The Hall–Kier alpha value is -0.460. The van der Waals surface area contributed by atoms with Gasteiger partial charge in [0.05, 0.1) is 9.51 Å². The van der Waals surface area contributed by atoms with E-state index in [1.54, 1.807) is 0 Å². The van der Waals surface area contributed by atoms with Crippen molar-refractivity contribution in [3.8, 4) is 0 Å². The second-order valence-electron chi connectivity index (χ2n) is 2.50. The topological polar surface area (TPSA) is 82.1 Å². The molecule has 0 bridgehead atoms. The third-order valence-corrected chi connectivity index (χ3v) is 2.19. The lowest BCUT2D eigenvalue weighted by molar-refractivity contribution is 0.251. The van der Waals surface area contributed by atoms with Crippen LogP contribution in [0.2, 0.25) is 0 Å². The van der Waals surface area contributed by atoms with Crippen molar-refractivity contribution < 1.29 is 5.11 Å². The van der Waals surface area contributed by atoms with Crippen LogP contribution in [0.15, 0.2) is 21.3 Å². The second kappa shape index (κ2) is 6.92. The first-order valence-corrected chi connectivity index (χ1v) is 5.24. The van der Waals surface area contributed by atoms with Gasteiger partial charge < -0.3 is 21.6 Å². The number of nitrogens with one attached hydrogen (secondary N) is 2. The Bertz CT molecular complexity index is 261. The zero-order chi connectivity index (χ0) is 11.1. The molecule has 1 unspecified atom stereocenters. The van der Waals surface area contributed by atoms with Crippen LogP contribution in [-0.4, -0.2) is 24.0 Å². The highest BCUT2D eigenvalue weighted by atomic mass is 79.9. The molecule has 0 spiro atoms. The highest BCUT2D eigenvalue weighted by Gasteiger charge is 2.13. The lowest BCUT2D eigenvalue weighted by Crippen LogP contribution is -2.23. The summed E-state index contributed by atoms with van der Waals surface area (Å²) in [4.78, 5) is 0. The average Bonchev–Trinajstić information content (AvgIpc) is 2.14. The maximum atomic E-state index is 9.65. The van der Waals surface area contributed by atoms with Crippen molar-refractivity contribution in [2.24, 2.45) is 5.73 Å². The summed E-state index contributed by atoms with van der Waals surface area (Å²) in [6, 6.07) is 0. The Labute approximate surface area is 97.3 Å². The van der Waals surface area contributed by atoms with Crippen molar-refractivity contribution in [2.45, 2.75) is 13.0 Å². The molecule has 1 atom stereocenters. The molecule has 6 heteroatoms. The van der Waals surface area contributed by atoms with Gasteiger partial charge in [-0.3, -0.25) is 0 Å². The van der Waals surface area contributed by atoms with Gasteiger partial charge in [0.2, 0.25) is 0 Å². The zero-order valence-electron chi connectivity index (χ0n) is 7.79. The molecule has 0 amide bonds. The van der Waals surface area contributed by atoms with Gasteiger partial charge in [0.1, 0.15) is 6.10 Å². The van der Waals surface area contributed by atoms with E-state index in [-0.39, 0.29) is 5.70 Å². The molecule has 80 valence electrons. The molecule has 5 N–H and O–H groups in total. The number of aliphatic hydroxyl groups excluding tert-OH is 1. The average molecular weight is 280 g/mol. The van der Waals surface area contributed by atoms with Crippen molar-refractivity contribution in [1.29, 1.82) is 5.41 Å². The van der Waals surface area contributed by atoms with Crippen LogP contribution in [0.5, 0.6) is 0 Å². The number of hydrogen-bond donors (Lipinski definition) is 5. The van der Waals surface area contributed by atoms with Crippen LogP contribution in [0.1, 0.15) is 6.92 Å². The molecule has 0 saturated heterocycles. The van der Waals surface area contributed by atoms with Crippen molar-refractivity contribution in [3.05, 3.63) is 21.3 Å². The third-order valence-electron chi connectivity index (χ3n) is 1.48. The summed E-state index contributed by atoms with van der Waals surface area (Å²) in [5.41, 5.74) is 6.14. The predicted molar refractivity (Wildman–Crippen MR) is 65.7 cm³/mol. The molecule has 0 radical (unpaired) electrons. The molecule has 0 aliphatic carbocycles. The van der Waals surface area contributed by atoms with Crippen LogP contribution in [-0.2, 0) is 0 Å². The summed E-state index contributed by atoms with van der Waals surface area (Å²) in [5, 5.41) is 19.6. The molecule has 0 heterocycles. The van der Waals surface area contributed by atoms with Gasteiger partial charge in [-0.15, -0.1) is 12.6 Å². The van der Waals surface area contributed by atoms with E-state index in [0.29, 0.717) is 9.39 Å². The quantitative estimate of drug-likeness (QED) is 0.384. The fourth-order valence-corrected chi connectivity index (χ4v) is 1.25. The number of halogens is 1. The highest BCUT2D eigenvalue weighted by Crippen LogP contribution is 2.19. The van der Waals surface area contributed by atoms with Gasteiger partial charge in [-0.1, -0.05) is 0 Å². The Morgan fingerprint density at radius 3 is 2.71 bits per heavy atom. The molecule has 0 aliphatic rings. The van der Waals surface area contributed by atoms with Crippen LogP contribution in [0, 0.1) is 5.41 Å². The van der Waals surface area contributed by atoms with Crippen LogP contribution < -0.4 is 11.1 Å². The molecule has 4 nitrogen and oxygen atoms in total. The number of aliphatic hydroxyl groups is 1. The molecule has 14 heavy (non-hydrogen) atoms. The number of thiol groups is 1. The largest absolute Gasteiger partial charge is 0.398 e. The molecular weight excluding hydrogens is 266 g/mol. The Balaban J connectivity index is 4.67. The van der Waals surface area contributed by atoms with E-state index in [4.69, 9.17) is 11.1 Å². The first-order valence-electron chi connectivity index (χ1n) is 4.00. The van der Waals surface area contributed by atoms with Gasteiger partial charge in [-0.25, -0.2) is 0 Å². The van der Waals surface area contributed by atoms with E-state index in [2.05, 4.69) is 33.9 Å². The van der Waals surface area contributed by atoms with Crippen LogP contribution in [0.4, 0.5) is 0 Å². The molecule has 0 aromatic carbocycles. The molecule has 0 aromatic rings. The maximum Gasteiger partial charge on any atom is 0.123 e. The molecular formula is C8H14BrN3OS. The maximum absolute atomic E-state index is 9.65. The van der Waals surface area contributed by atoms with E-state index in [9.17, 15) is 5.11 Å². The van der Waals surface area contributed by atoms with Gasteiger partial charge in [-0.2, -0.15) is 0 Å². The number of hydrogen-bond acceptors (Lipinski definition) is 5. The summed E-state index contributed by atoms with van der Waals surface area (Å²) < 4.78 is 0.396. The highest BCUT2D eigenvalue weighted by molar-refractivity contribution is 9.13. The van der Waals surface area contributed by atoms with Crippen LogP contribution in [0.3, 0.4) is 0 Å². The predicted octanol–water partition coefficient (Wildman–Crippen LogP) is 0.943. The molecule has 0 aromatic heterocycles. The van der Waals surface area contributed by atoms with Crippen LogP contribution in [0.25, 0.3) is 0 Å². The van der Waals surface area contributed by atoms with E-state index in [0.717, 1.165) is 12.8 Å². The Morgan fingerprint density at radius 2 is 2.36 bits per heavy atom. The third kappa shape index (κ3) is 4.17. The number of nitrogens with two attached hydrogens (primary N) is 1. The van der Waals surface area contributed by atoms with Gasteiger partial charge in [-0.05, 0) is 22.9 Å². The molecule has 0 rings (SSSR count). The van der Waals surface area contributed by atoms with E-state index in [1.165, 1.54) is 6.20 Å². The molecule has 0 saturated carbocycles. The Kier molecular flexibility index (Phi) is 6.69. The molecule has 0 fully saturated rings. The molecule has 0 aliphatic heterocycles. The minimum atomic E-state index is -1.02. The minimum absolute atomic E-state index is 0.247. The fraction of sp³-hybridized carbons (Fsp3) is 0.375. The second-order valence-corrected chi connectivity index (χ2v) is 4.35. The smallest absolute Gasteiger partial charge is 0.123 e. The van der Waals surface area contributed by atoms with E-state index < -0.39 is 6.10 Å². The summed E-state index contributed by atoms with van der Waals surface area (Å²) in [6.45, 7) is 2.64. The number of rotatable bonds is 5. The van der Waals surface area contributed by atoms with Crippen molar-refractivity contribution in [3.63, 3.8) is 0 Å².